The largest absolute Gasteiger partial charge is 0.460 e. The van der Waals surface area contributed by atoms with Crippen LogP contribution in [0.1, 0.15) is 47.0 Å². The first-order valence-corrected chi connectivity index (χ1v) is 5.27. The van der Waals surface area contributed by atoms with Crippen molar-refractivity contribution in [3.8, 4) is 0 Å². The van der Waals surface area contributed by atoms with E-state index in [1.54, 1.807) is 0 Å². The molecule has 0 radical (unpaired) electrons. The lowest BCUT2D eigenvalue weighted by Gasteiger charge is -2.20. The Labute approximate surface area is 87.0 Å². The Kier molecular flexibility index (Phi) is 5.77. The van der Waals surface area contributed by atoms with Gasteiger partial charge in [-0.05, 0) is 46.1 Å². The van der Waals surface area contributed by atoms with E-state index in [0.29, 0.717) is 18.9 Å². The Morgan fingerprint density at radius 2 is 2.00 bits per heavy atom. The van der Waals surface area contributed by atoms with Crippen LogP contribution in [0.3, 0.4) is 0 Å². The molecule has 0 bridgehead atoms. The number of hydrogen-bond donors (Lipinski definition) is 1. The van der Waals surface area contributed by atoms with Crippen LogP contribution in [-0.4, -0.2) is 18.1 Å². The average Bonchev–Trinajstić information content (AvgIpc) is 1.96. The van der Waals surface area contributed by atoms with Crippen LogP contribution < -0.4 is 5.73 Å². The number of ether oxygens (including phenoxy) is 1. The molecule has 0 aliphatic carbocycles. The third-order valence-electron chi connectivity index (χ3n) is 1.84. The average molecular weight is 201 g/mol. The fourth-order valence-corrected chi connectivity index (χ4v) is 1.24. The van der Waals surface area contributed by atoms with Crippen molar-refractivity contribution in [1.82, 2.24) is 0 Å². The summed E-state index contributed by atoms with van der Waals surface area (Å²) >= 11 is 0. The predicted octanol–water partition coefficient (Wildman–Crippen LogP) is 2.09. The summed E-state index contributed by atoms with van der Waals surface area (Å²) in [5, 5.41) is 0. The van der Waals surface area contributed by atoms with Crippen LogP contribution >= 0.6 is 0 Å². The Hall–Kier alpha value is -0.570. The zero-order chi connectivity index (χ0) is 11.2. The van der Waals surface area contributed by atoms with Gasteiger partial charge < -0.3 is 10.5 Å². The first kappa shape index (κ1) is 13.4. The Balaban J connectivity index is 3.71. The zero-order valence-electron chi connectivity index (χ0n) is 9.80. The third-order valence-corrected chi connectivity index (χ3v) is 1.84. The van der Waals surface area contributed by atoms with E-state index in [1.807, 2.05) is 20.8 Å². The molecule has 0 spiro atoms. The molecular weight excluding hydrogens is 178 g/mol. The highest BCUT2D eigenvalue weighted by molar-refractivity contribution is 5.70. The lowest BCUT2D eigenvalue weighted by Crippen LogP contribution is -2.25. The van der Waals surface area contributed by atoms with Crippen LogP contribution in [0.25, 0.3) is 0 Å². The quantitative estimate of drug-likeness (QED) is 0.693. The van der Waals surface area contributed by atoms with Gasteiger partial charge in [0, 0.05) is 6.42 Å². The molecule has 2 N–H and O–H groups in total. The maximum atomic E-state index is 11.4. The van der Waals surface area contributed by atoms with Gasteiger partial charge in [0.2, 0.25) is 0 Å². The summed E-state index contributed by atoms with van der Waals surface area (Å²) in [6.07, 6.45) is 2.47. The zero-order valence-corrected chi connectivity index (χ0v) is 9.80. The van der Waals surface area contributed by atoms with Gasteiger partial charge >= 0.3 is 5.97 Å². The number of esters is 1. The molecule has 0 saturated heterocycles. The molecule has 84 valence electrons. The number of nitrogens with two attached hydrogens (primary N) is 1. The van der Waals surface area contributed by atoms with Crippen LogP contribution in [0.15, 0.2) is 0 Å². The minimum absolute atomic E-state index is 0.109. The summed E-state index contributed by atoms with van der Waals surface area (Å²) in [4.78, 5) is 11.4. The molecule has 0 aromatic heterocycles. The van der Waals surface area contributed by atoms with Crippen LogP contribution in [0.4, 0.5) is 0 Å². The fraction of sp³-hybridized carbons (Fsp3) is 0.909. The maximum Gasteiger partial charge on any atom is 0.306 e. The smallest absolute Gasteiger partial charge is 0.306 e. The summed E-state index contributed by atoms with van der Waals surface area (Å²) in [5.74, 6) is 0.260. The van der Waals surface area contributed by atoms with E-state index in [1.165, 1.54) is 0 Å². The normalized spacial score (nSPS) is 13.8. The van der Waals surface area contributed by atoms with Crippen molar-refractivity contribution >= 4 is 5.97 Å². The topological polar surface area (TPSA) is 52.3 Å². The molecule has 0 saturated carbocycles. The van der Waals surface area contributed by atoms with Gasteiger partial charge in [0.25, 0.3) is 0 Å². The monoisotopic (exact) mass is 201 g/mol. The molecule has 0 aromatic carbocycles. The molecular formula is C11H23NO2. The predicted molar refractivity (Wildman–Crippen MR) is 57.9 cm³/mol. The number of carbonyl (C=O) groups excluding carboxylic acids is 1. The molecule has 0 fully saturated rings. The third kappa shape index (κ3) is 8.05. The minimum Gasteiger partial charge on any atom is -0.460 e. The second-order valence-corrected chi connectivity index (χ2v) is 4.83. The first-order valence-electron chi connectivity index (χ1n) is 5.27. The van der Waals surface area contributed by atoms with Crippen molar-refractivity contribution in [1.29, 1.82) is 0 Å². The van der Waals surface area contributed by atoms with Crippen LogP contribution in [0.2, 0.25) is 0 Å². The van der Waals surface area contributed by atoms with Gasteiger partial charge in [-0.2, -0.15) is 0 Å². The highest BCUT2D eigenvalue weighted by Gasteiger charge is 2.17. The summed E-state index contributed by atoms with van der Waals surface area (Å²) in [5.41, 5.74) is 5.02. The highest BCUT2D eigenvalue weighted by atomic mass is 16.6. The molecule has 3 nitrogen and oxygen atoms in total. The van der Waals surface area contributed by atoms with Gasteiger partial charge in [0.15, 0.2) is 0 Å². The molecule has 3 heteroatoms. The van der Waals surface area contributed by atoms with Gasteiger partial charge in [-0.25, -0.2) is 0 Å². The molecule has 1 atom stereocenters. The van der Waals surface area contributed by atoms with E-state index in [0.717, 1.165) is 12.8 Å². The Morgan fingerprint density at radius 1 is 1.43 bits per heavy atom. The molecule has 0 aliphatic rings. The van der Waals surface area contributed by atoms with Crippen molar-refractivity contribution in [3.63, 3.8) is 0 Å². The molecule has 0 aliphatic heterocycles. The number of carbonyl (C=O) groups is 1. The Bertz CT molecular complexity index is 173. The molecule has 0 amide bonds. The standard InChI is InChI=1S/C11H23NO2/c1-9(6-5-7-12)8-10(13)14-11(2,3)4/h9H,5-8,12H2,1-4H3. The summed E-state index contributed by atoms with van der Waals surface area (Å²) in [6, 6.07) is 0. The van der Waals surface area contributed by atoms with Gasteiger partial charge in [-0.15, -0.1) is 0 Å². The lowest BCUT2D eigenvalue weighted by molar-refractivity contribution is -0.155. The SMILES string of the molecule is CC(CCCN)CC(=O)OC(C)(C)C. The number of hydrogen-bond acceptors (Lipinski definition) is 3. The second-order valence-electron chi connectivity index (χ2n) is 4.83. The van der Waals surface area contributed by atoms with E-state index >= 15 is 0 Å². The lowest BCUT2D eigenvalue weighted by atomic mass is 10.0. The van der Waals surface area contributed by atoms with Crippen molar-refractivity contribution in [2.75, 3.05) is 6.54 Å². The minimum atomic E-state index is -0.370. The van der Waals surface area contributed by atoms with Crippen LogP contribution in [-0.2, 0) is 9.53 Å². The maximum absolute atomic E-state index is 11.4. The van der Waals surface area contributed by atoms with Gasteiger partial charge in [-0.3, -0.25) is 4.79 Å². The van der Waals surface area contributed by atoms with E-state index < -0.39 is 0 Å². The summed E-state index contributed by atoms with van der Waals surface area (Å²) in [7, 11) is 0. The van der Waals surface area contributed by atoms with Crippen LogP contribution in [0.5, 0.6) is 0 Å². The van der Waals surface area contributed by atoms with Gasteiger partial charge in [0.1, 0.15) is 5.60 Å². The highest BCUT2D eigenvalue weighted by Crippen LogP contribution is 2.14. The summed E-state index contributed by atoms with van der Waals surface area (Å²) < 4.78 is 5.22. The van der Waals surface area contributed by atoms with E-state index in [9.17, 15) is 4.79 Å². The molecule has 14 heavy (non-hydrogen) atoms. The fourth-order valence-electron chi connectivity index (χ4n) is 1.24. The second kappa shape index (κ2) is 6.02. The van der Waals surface area contributed by atoms with Crippen LogP contribution in [0, 0.1) is 5.92 Å². The number of rotatable bonds is 5. The van der Waals surface area contributed by atoms with Crippen molar-refractivity contribution < 1.29 is 9.53 Å². The molecule has 0 heterocycles. The van der Waals surface area contributed by atoms with Gasteiger partial charge in [0.05, 0.1) is 0 Å². The van der Waals surface area contributed by atoms with Gasteiger partial charge in [-0.1, -0.05) is 6.92 Å². The van der Waals surface area contributed by atoms with Crippen molar-refractivity contribution in [2.45, 2.75) is 52.6 Å². The molecule has 1 unspecified atom stereocenters. The Morgan fingerprint density at radius 3 is 2.43 bits per heavy atom. The van der Waals surface area contributed by atoms with E-state index in [2.05, 4.69) is 6.92 Å². The van der Waals surface area contributed by atoms with E-state index in [-0.39, 0.29) is 11.6 Å². The van der Waals surface area contributed by atoms with Crippen molar-refractivity contribution in [3.05, 3.63) is 0 Å². The summed E-state index contributed by atoms with van der Waals surface area (Å²) in [6.45, 7) is 8.40. The molecule has 0 aromatic rings. The first-order chi connectivity index (χ1) is 6.35. The molecule has 0 rings (SSSR count). The van der Waals surface area contributed by atoms with E-state index in [4.69, 9.17) is 10.5 Å². The van der Waals surface area contributed by atoms with Crippen molar-refractivity contribution in [2.24, 2.45) is 11.7 Å².